The number of phenols is 1. The van der Waals surface area contributed by atoms with E-state index in [1.807, 2.05) is 18.2 Å². The number of aromatic hydroxyl groups is 1. The predicted molar refractivity (Wildman–Crippen MR) is 141 cm³/mol. The smallest absolute Gasteiger partial charge is 0.250 e. The van der Waals surface area contributed by atoms with E-state index in [2.05, 4.69) is 83.9 Å². The summed E-state index contributed by atoms with van der Waals surface area (Å²) in [7, 11) is -2.11. The molecule has 164 valence electrons. The molecule has 0 amide bonds. The zero-order chi connectivity index (χ0) is 22.6. The Morgan fingerprint density at radius 3 is 2.32 bits per heavy atom. The Labute approximate surface area is 203 Å². The van der Waals surface area contributed by atoms with Crippen molar-refractivity contribution in [1.82, 2.24) is 0 Å². The molecule has 0 saturated heterocycles. The minimum absolute atomic E-state index is 0.0704. The molecule has 0 aromatic heterocycles. The number of halogens is 2. The van der Waals surface area contributed by atoms with Crippen molar-refractivity contribution < 1.29 is 9.53 Å². The predicted octanol–water partition coefficient (Wildman–Crippen LogP) is 9.00. The van der Waals surface area contributed by atoms with Gasteiger partial charge in [0.15, 0.2) is 0 Å². The Kier molecular flexibility index (Phi) is 6.08. The van der Waals surface area contributed by atoms with Crippen molar-refractivity contribution in [3.8, 4) is 22.6 Å². The first-order valence-corrected chi connectivity index (χ1v) is 15.4. The van der Waals surface area contributed by atoms with Crippen molar-refractivity contribution in [1.29, 1.82) is 0 Å². The molecule has 1 N–H and O–H groups in total. The second kappa shape index (κ2) is 8.24. The summed E-state index contributed by atoms with van der Waals surface area (Å²) in [5, 5.41) is 13.5. The lowest BCUT2D eigenvalue weighted by Gasteiger charge is -2.38. The van der Waals surface area contributed by atoms with Crippen LogP contribution in [0.5, 0.6) is 11.5 Å². The molecule has 0 aliphatic heterocycles. The lowest BCUT2D eigenvalue weighted by Crippen LogP contribution is -2.44. The van der Waals surface area contributed by atoms with Crippen molar-refractivity contribution in [3.63, 3.8) is 0 Å². The van der Waals surface area contributed by atoms with E-state index < -0.39 is 8.32 Å². The number of hydrogen-bond donors (Lipinski definition) is 1. The highest BCUT2D eigenvalue weighted by Crippen LogP contribution is 2.52. The van der Waals surface area contributed by atoms with Crippen molar-refractivity contribution in [3.05, 3.63) is 56.5 Å². The Bertz CT molecular complexity index is 1160. The van der Waals surface area contributed by atoms with Gasteiger partial charge in [-0.3, -0.25) is 0 Å². The van der Waals surface area contributed by atoms with Crippen molar-refractivity contribution in [2.45, 2.75) is 64.6 Å². The largest absolute Gasteiger partial charge is 0.542 e. The zero-order valence-corrected chi connectivity index (χ0v) is 23.1. The number of fused-ring (bicyclic) bond motifs is 2. The summed E-state index contributed by atoms with van der Waals surface area (Å²) in [5.41, 5.74) is 4.61. The highest BCUT2D eigenvalue weighted by Gasteiger charge is 2.40. The molecule has 0 fully saturated rings. The van der Waals surface area contributed by atoms with E-state index in [0.29, 0.717) is 4.47 Å². The fourth-order valence-corrected chi connectivity index (χ4v) is 6.35. The summed E-state index contributed by atoms with van der Waals surface area (Å²) in [4.78, 5) is 0. The SMILES string of the molecule is CC(C)(C)[Si](C)(C)Oc1c(Br)cc2c(c1-c1c(O)c(Br)cc3ccccc13)CCCC2. The van der Waals surface area contributed by atoms with Gasteiger partial charge >= 0.3 is 0 Å². The molecule has 0 saturated carbocycles. The maximum Gasteiger partial charge on any atom is 0.250 e. The second-order valence-electron chi connectivity index (χ2n) is 10.1. The topological polar surface area (TPSA) is 29.5 Å². The van der Waals surface area contributed by atoms with Crippen molar-refractivity contribution in [2.24, 2.45) is 0 Å². The quantitative estimate of drug-likeness (QED) is 0.323. The molecule has 2 nitrogen and oxygen atoms in total. The number of benzene rings is 3. The molecule has 0 heterocycles. The van der Waals surface area contributed by atoms with Crippen molar-refractivity contribution in [2.75, 3.05) is 0 Å². The molecule has 1 aliphatic carbocycles. The van der Waals surface area contributed by atoms with Crippen LogP contribution in [-0.2, 0) is 12.8 Å². The maximum absolute atomic E-state index is 11.3. The van der Waals surface area contributed by atoms with Crippen LogP contribution in [0.3, 0.4) is 0 Å². The molecule has 0 bridgehead atoms. The lowest BCUT2D eigenvalue weighted by molar-refractivity contribution is 0.472. The summed E-state index contributed by atoms with van der Waals surface area (Å²) in [5.74, 6) is 1.16. The fraction of sp³-hybridized carbons (Fsp3) is 0.385. The van der Waals surface area contributed by atoms with Gasteiger partial charge in [-0.15, -0.1) is 0 Å². The highest BCUT2D eigenvalue weighted by atomic mass is 79.9. The van der Waals surface area contributed by atoms with Crippen LogP contribution in [-0.4, -0.2) is 13.4 Å². The third-order valence-electron chi connectivity index (χ3n) is 6.95. The molecule has 0 radical (unpaired) electrons. The molecule has 0 atom stereocenters. The van der Waals surface area contributed by atoms with E-state index in [9.17, 15) is 5.11 Å². The van der Waals surface area contributed by atoms with E-state index >= 15 is 0 Å². The molecule has 31 heavy (non-hydrogen) atoms. The van der Waals surface area contributed by atoms with Gasteiger partial charge in [0.25, 0.3) is 8.32 Å². The molecular formula is C26H30Br2O2Si. The Balaban J connectivity index is 2.10. The maximum atomic E-state index is 11.3. The fourth-order valence-electron chi connectivity index (χ4n) is 4.18. The first-order valence-electron chi connectivity index (χ1n) is 10.9. The van der Waals surface area contributed by atoms with E-state index in [1.54, 1.807) is 0 Å². The third kappa shape index (κ3) is 4.09. The van der Waals surface area contributed by atoms with Crippen LogP contribution >= 0.6 is 31.9 Å². The minimum Gasteiger partial charge on any atom is -0.542 e. The molecule has 4 rings (SSSR count). The number of hydrogen-bond acceptors (Lipinski definition) is 2. The van der Waals surface area contributed by atoms with Crippen LogP contribution in [0, 0.1) is 0 Å². The second-order valence-corrected chi connectivity index (χ2v) is 16.5. The van der Waals surface area contributed by atoms with Gasteiger partial charge < -0.3 is 9.53 Å². The summed E-state index contributed by atoms with van der Waals surface area (Å²) in [6.07, 6.45) is 4.43. The lowest BCUT2D eigenvalue weighted by atomic mass is 9.84. The number of phenolic OH excluding ortho intramolecular Hbond substituents is 1. The van der Waals surface area contributed by atoms with Gasteiger partial charge in [0.2, 0.25) is 0 Å². The third-order valence-corrected chi connectivity index (χ3v) is 12.5. The molecule has 1 aliphatic rings. The van der Waals surface area contributed by atoms with Crippen LogP contribution < -0.4 is 4.43 Å². The Hall–Kier alpha value is -1.30. The molecule has 3 aromatic carbocycles. The molecule has 0 unspecified atom stereocenters. The summed E-state index contributed by atoms with van der Waals surface area (Å²) in [6.45, 7) is 11.3. The van der Waals surface area contributed by atoms with Crippen LogP contribution in [0.4, 0.5) is 0 Å². The first-order chi connectivity index (χ1) is 14.5. The normalized spacial score (nSPS) is 14.5. The van der Waals surface area contributed by atoms with Crippen LogP contribution in [0.15, 0.2) is 45.3 Å². The van der Waals surface area contributed by atoms with E-state index in [0.717, 1.165) is 51.4 Å². The van der Waals surface area contributed by atoms with Gasteiger partial charge in [-0.05, 0) is 110 Å². The minimum atomic E-state index is -2.11. The Morgan fingerprint density at radius 1 is 0.935 bits per heavy atom. The highest BCUT2D eigenvalue weighted by molar-refractivity contribution is 9.11. The van der Waals surface area contributed by atoms with Crippen LogP contribution in [0.2, 0.25) is 18.1 Å². The van der Waals surface area contributed by atoms with Crippen molar-refractivity contribution >= 4 is 50.9 Å². The summed E-state index contributed by atoms with van der Waals surface area (Å²) >= 11 is 7.46. The average Bonchev–Trinajstić information content (AvgIpc) is 2.69. The number of aryl methyl sites for hydroxylation is 1. The molecule has 0 spiro atoms. The zero-order valence-electron chi connectivity index (χ0n) is 18.9. The van der Waals surface area contributed by atoms with E-state index in [4.69, 9.17) is 4.43 Å². The summed E-state index contributed by atoms with van der Waals surface area (Å²) in [6, 6.07) is 12.5. The average molecular weight is 562 g/mol. The van der Waals surface area contributed by atoms with Gasteiger partial charge in [0, 0.05) is 11.1 Å². The summed E-state index contributed by atoms with van der Waals surface area (Å²) < 4.78 is 8.65. The Morgan fingerprint density at radius 2 is 1.61 bits per heavy atom. The van der Waals surface area contributed by atoms with Crippen LogP contribution in [0.1, 0.15) is 44.7 Å². The van der Waals surface area contributed by atoms with Gasteiger partial charge in [0.05, 0.1) is 8.95 Å². The van der Waals surface area contributed by atoms with Gasteiger partial charge in [-0.25, -0.2) is 0 Å². The van der Waals surface area contributed by atoms with Gasteiger partial charge in [-0.2, -0.15) is 0 Å². The van der Waals surface area contributed by atoms with Gasteiger partial charge in [-0.1, -0.05) is 45.0 Å². The number of rotatable bonds is 3. The van der Waals surface area contributed by atoms with E-state index in [-0.39, 0.29) is 10.8 Å². The monoisotopic (exact) mass is 560 g/mol. The molecular weight excluding hydrogens is 532 g/mol. The molecule has 3 aromatic rings. The standard InChI is InChI=1S/C26H30Br2O2Si/c1-26(2,3)31(4,5)30-25-21(28)15-17-11-7-9-13-19(17)23(25)22-18-12-8-6-10-16(18)14-20(27)24(22)29/h6,8,10,12,14-15,29H,7,9,11,13H2,1-5H3. The van der Waals surface area contributed by atoms with E-state index in [1.165, 1.54) is 17.5 Å². The van der Waals surface area contributed by atoms with Gasteiger partial charge in [0.1, 0.15) is 11.5 Å². The van der Waals surface area contributed by atoms with Crippen LogP contribution in [0.25, 0.3) is 21.9 Å². The molecule has 5 heteroatoms. The first kappa shape index (κ1) is 22.9.